The van der Waals surface area contributed by atoms with Crippen LogP contribution >= 0.6 is 34.8 Å². The topological polar surface area (TPSA) is 58.6 Å². The summed E-state index contributed by atoms with van der Waals surface area (Å²) in [4.78, 5) is 27.6. The van der Waals surface area contributed by atoms with Crippen LogP contribution < -0.4 is 10.1 Å². The third-order valence-corrected chi connectivity index (χ3v) is 5.86. The van der Waals surface area contributed by atoms with E-state index in [-0.39, 0.29) is 31.0 Å². The van der Waals surface area contributed by atoms with Crippen LogP contribution in [0, 0.1) is 0 Å². The Morgan fingerprint density at radius 3 is 2.39 bits per heavy atom. The standard InChI is InChI=1S/C23H27Cl3N2O3/c1-4-15(3)27-23(30)21(5-2)28(13-16-9-10-19(25)20(26)11-16)22(29)14-31-18-8-6-7-17(24)12-18/h6-12,15,21H,4-5,13-14H2,1-3H3,(H,27,30)/t15-,21-/m1/s1. The van der Waals surface area contributed by atoms with Crippen LogP contribution in [0.3, 0.4) is 0 Å². The van der Waals surface area contributed by atoms with Crippen molar-refractivity contribution in [1.82, 2.24) is 10.2 Å². The van der Waals surface area contributed by atoms with Crippen LogP contribution in [0.25, 0.3) is 0 Å². The van der Waals surface area contributed by atoms with Crippen molar-refractivity contribution >= 4 is 46.6 Å². The van der Waals surface area contributed by atoms with Gasteiger partial charge in [0.1, 0.15) is 11.8 Å². The van der Waals surface area contributed by atoms with Gasteiger partial charge in [0.2, 0.25) is 5.91 Å². The van der Waals surface area contributed by atoms with Gasteiger partial charge in [-0.2, -0.15) is 0 Å². The molecule has 2 aromatic carbocycles. The first-order valence-electron chi connectivity index (χ1n) is 10.2. The molecule has 2 aromatic rings. The van der Waals surface area contributed by atoms with E-state index in [1.807, 2.05) is 20.8 Å². The molecule has 0 unspecified atom stereocenters. The zero-order valence-corrected chi connectivity index (χ0v) is 20.1. The third kappa shape index (κ3) is 7.60. The highest BCUT2D eigenvalue weighted by Crippen LogP contribution is 2.24. The average Bonchev–Trinajstić information content (AvgIpc) is 2.74. The number of carbonyl (C=O) groups excluding carboxylic acids is 2. The molecule has 0 spiro atoms. The van der Waals surface area contributed by atoms with E-state index < -0.39 is 6.04 Å². The maximum atomic E-state index is 13.1. The molecule has 0 saturated heterocycles. The molecule has 31 heavy (non-hydrogen) atoms. The smallest absolute Gasteiger partial charge is 0.261 e. The number of nitrogens with zero attached hydrogens (tertiary/aromatic N) is 1. The van der Waals surface area contributed by atoms with Gasteiger partial charge in [0.05, 0.1) is 10.0 Å². The van der Waals surface area contributed by atoms with E-state index in [2.05, 4.69) is 5.32 Å². The Morgan fingerprint density at radius 2 is 1.77 bits per heavy atom. The molecule has 0 heterocycles. The van der Waals surface area contributed by atoms with Crippen molar-refractivity contribution in [2.45, 2.75) is 52.2 Å². The molecule has 0 aliphatic heterocycles. The van der Waals surface area contributed by atoms with Crippen LogP contribution in [0.2, 0.25) is 15.1 Å². The molecular formula is C23H27Cl3N2O3. The first-order valence-corrected chi connectivity index (χ1v) is 11.3. The second kappa shape index (κ2) is 12.2. The molecule has 2 rings (SSSR count). The van der Waals surface area contributed by atoms with E-state index in [0.29, 0.717) is 27.2 Å². The van der Waals surface area contributed by atoms with E-state index in [4.69, 9.17) is 39.5 Å². The lowest BCUT2D eigenvalue weighted by Crippen LogP contribution is -2.51. The first-order chi connectivity index (χ1) is 14.7. The van der Waals surface area contributed by atoms with Crippen molar-refractivity contribution in [3.05, 3.63) is 63.1 Å². The van der Waals surface area contributed by atoms with Crippen LogP contribution in [-0.4, -0.2) is 35.4 Å². The minimum absolute atomic E-state index is 0.00573. The summed E-state index contributed by atoms with van der Waals surface area (Å²) in [5, 5.41) is 4.29. The summed E-state index contributed by atoms with van der Waals surface area (Å²) in [6, 6.07) is 11.3. The van der Waals surface area contributed by atoms with Crippen molar-refractivity contribution in [3.63, 3.8) is 0 Å². The number of rotatable bonds is 10. The number of carbonyl (C=O) groups is 2. The molecule has 0 aliphatic rings. The van der Waals surface area contributed by atoms with E-state index in [1.165, 1.54) is 4.90 Å². The van der Waals surface area contributed by atoms with Gasteiger partial charge in [-0.05, 0) is 55.7 Å². The Kier molecular flexibility index (Phi) is 9.94. The second-order valence-corrected chi connectivity index (χ2v) is 8.51. The number of amides is 2. The van der Waals surface area contributed by atoms with Gasteiger partial charge in [-0.25, -0.2) is 0 Å². The second-order valence-electron chi connectivity index (χ2n) is 7.26. The van der Waals surface area contributed by atoms with Gasteiger partial charge >= 0.3 is 0 Å². The summed E-state index contributed by atoms with van der Waals surface area (Å²) in [6.07, 6.45) is 1.24. The molecule has 2 atom stereocenters. The maximum absolute atomic E-state index is 13.1. The van der Waals surface area contributed by atoms with Gasteiger partial charge in [-0.1, -0.05) is 60.8 Å². The lowest BCUT2D eigenvalue weighted by Gasteiger charge is -2.31. The van der Waals surface area contributed by atoms with Gasteiger partial charge in [-0.15, -0.1) is 0 Å². The fraction of sp³-hybridized carbons (Fsp3) is 0.391. The predicted octanol–water partition coefficient (Wildman–Crippen LogP) is 5.75. The Bertz CT molecular complexity index is 907. The average molecular weight is 486 g/mol. The van der Waals surface area contributed by atoms with Crippen LogP contribution in [-0.2, 0) is 16.1 Å². The van der Waals surface area contributed by atoms with Crippen molar-refractivity contribution < 1.29 is 14.3 Å². The van der Waals surface area contributed by atoms with E-state index in [9.17, 15) is 9.59 Å². The summed E-state index contributed by atoms with van der Waals surface area (Å²) < 4.78 is 5.63. The molecule has 0 aliphatic carbocycles. The lowest BCUT2D eigenvalue weighted by atomic mass is 10.1. The summed E-state index contributed by atoms with van der Waals surface area (Å²) in [5.41, 5.74) is 0.764. The Morgan fingerprint density at radius 1 is 1.03 bits per heavy atom. The van der Waals surface area contributed by atoms with E-state index >= 15 is 0 Å². The minimum Gasteiger partial charge on any atom is -0.484 e. The van der Waals surface area contributed by atoms with Crippen molar-refractivity contribution in [2.24, 2.45) is 0 Å². The van der Waals surface area contributed by atoms with E-state index in [1.54, 1.807) is 42.5 Å². The first kappa shape index (κ1) is 25.3. The number of benzene rings is 2. The van der Waals surface area contributed by atoms with Crippen molar-refractivity contribution in [2.75, 3.05) is 6.61 Å². The molecule has 0 bridgehead atoms. The van der Waals surface area contributed by atoms with Crippen LogP contribution in [0.1, 0.15) is 39.2 Å². The van der Waals surface area contributed by atoms with Gasteiger partial charge in [0, 0.05) is 17.6 Å². The SMILES string of the molecule is CC[C@@H](C)NC(=O)[C@@H](CC)N(Cc1ccc(Cl)c(Cl)c1)C(=O)COc1cccc(Cl)c1. The monoisotopic (exact) mass is 484 g/mol. The van der Waals surface area contributed by atoms with Gasteiger partial charge in [0.25, 0.3) is 5.91 Å². The molecule has 5 nitrogen and oxygen atoms in total. The minimum atomic E-state index is -0.654. The zero-order valence-electron chi connectivity index (χ0n) is 17.8. The molecular weight excluding hydrogens is 459 g/mol. The van der Waals surface area contributed by atoms with Crippen LogP contribution in [0.4, 0.5) is 0 Å². The third-order valence-electron chi connectivity index (χ3n) is 4.88. The van der Waals surface area contributed by atoms with Crippen LogP contribution in [0.5, 0.6) is 5.75 Å². The Balaban J connectivity index is 2.24. The largest absolute Gasteiger partial charge is 0.484 e. The van der Waals surface area contributed by atoms with Crippen LogP contribution in [0.15, 0.2) is 42.5 Å². The highest BCUT2D eigenvalue weighted by atomic mass is 35.5. The molecule has 1 N–H and O–H groups in total. The number of halogens is 3. The number of nitrogens with one attached hydrogen (secondary N) is 1. The predicted molar refractivity (Wildman–Crippen MR) is 126 cm³/mol. The molecule has 0 saturated carbocycles. The molecule has 0 radical (unpaired) electrons. The zero-order chi connectivity index (χ0) is 23.0. The quantitative estimate of drug-likeness (QED) is 0.466. The summed E-state index contributed by atoms with van der Waals surface area (Å²) in [6.45, 7) is 5.75. The van der Waals surface area contributed by atoms with Crippen molar-refractivity contribution in [1.29, 1.82) is 0 Å². The van der Waals surface area contributed by atoms with Crippen molar-refractivity contribution in [3.8, 4) is 5.75 Å². The Labute approximate surface area is 198 Å². The molecule has 0 fully saturated rings. The number of hydrogen-bond donors (Lipinski definition) is 1. The highest BCUT2D eigenvalue weighted by molar-refractivity contribution is 6.42. The summed E-state index contributed by atoms with van der Waals surface area (Å²) >= 11 is 18.1. The Hall–Kier alpha value is -1.95. The fourth-order valence-corrected chi connectivity index (χ4v) is 3.48. The van der Waals surface area contributed by atoms with E-state index in [0.717, 1.165) is 12.0 Å². The fourth-order valence-electron chi connectivity index (χ4n) is 2.98. The number of hydrogen-bond acceptors (Lipinski definition) is 3. The molecule has 168 valence electrons. The summed E-state index contributed by atoms with van der Waals surface area (Å²) in [5.74, 6) is -0.0438. The molecule has 0 aromatic heterocycles. The highest BCUT2D eigenvalue weighted by Gasteiger charge is 2.29. The number of ether oxygens (including phenoxy) is 1. The van der Waals surface area contributed by atoms with Gasteiger partial charge in [-0.3, -0.25) is 9.59 Å². The normalized spacial score (nSPS) is 12.7. The summed E-state index contributed by atoms with van der Waals surface area (Å²) in [7, 11) is 0. The molecule has 2 amide bonds. The lowest BCUT2D eigenvalue weighted by molar-refractivity contribution is -0.143. The van der Waals surface area contributed by atoms with Gasteiger partial charge < -0.3 is 15.0 Å². The maximum Gasteiger partial charge on any atom is 0.261 e. The molecule has 8 heteroatoms. The van der Waals surface area contributed by atoms with Gasteiger partial charge in [0.15, 0.2) is 6.61 Å².